The summed E-state index contributed by atoms with van der Waals surface area (Å²) in [5.74, 6) is 0.384. The normalized spacial score (nSPS) is 16.9. The molecule has 1 aliphatic rings. The van der Waals surface area contributed by atoms with E-state index in [1.807, 2.05) is 0 Å². The lowest BCUT2D eigenvalue weighted by Gasteiger charge is -2.36. The number of amides is 2. The van der Waals surface area contributed by atoms with Crippen LogP contribution < -0.4 is 5.32 Å². The molecule has 150 valence electrons. The highest BCUT2D eigenvalue weighted by atomic mass is 16.2. The van der Waals surface area contributed by atoms with Gasteiger partial charge in [0.2, 0.25) is 0 Å². The minimum Gasteiger partial charge on any atom is -0.338 e. The Balaban J connectivity index is 1.68. The van der Waals surface area contributed by atoms with Crippen LogP contribution in [0.5, 0.6) is 0 Å². The molecule has 2 aromatic rings. The topological polar surface area (TPSA) is 32.3 Å². The monoisotopic (exact) mass is 378 g/mol. The third-order valence-corrected chi connectivity index (χ3v) is 5.89. The number of rotatable bonds is 8. The molecule has 0 saturated carbocycles. The molecule has 0 aromatic heterocycles. The number of hydrogen-bond acceptors (Lipinski definition) is 1. The Morgan fingerprint density at radius 1 is 1.04 bits per heavy atom. The Kier molecular flexibility index (Phi) is 7.95. The Labute approximate surface area is 170 Å². The van der Waals surface area contributed by atoms with E-state index in [0.29, 0.717) is 12.0 Å². The van der Waals surface area contributed by atoms with Crippen molar-refractivity contribution in [1.29, 1.82) is 0 Å². The van der Waals surface area contributed by atoms with Gasteiger partial charge < -0.3 is 10.2 Å². The maximum Gasteiger partial charge on any atom is 0.317 e. The fourth-order valence-electron chi connectivity index (χ4n) is 4.30. The fourth-order valence-corrected chi connectivity index (χ4v) is 4.30. The van der Waals surface area contributed by atoms with Gasteiger partial charge in [0.1, 0.15) is 0 Å². The van der Waals surface area contributed by atoms with Crippen molar-refractivity contribution in [3.8, 4) is 0 Å². The average Bonchev–Trinajstić information content (AvgIpc) is 2.76. The number of unbranched alkanes of at least 4 members (excludes halogenated alkanes) is 1. The van der Waals surface area contributed by atoms with Gasteiger partial charge in [-0.1, -0.05) is 74.0 Å². The van der Waals surface area contributed by atoms with E-state index in [1.54, 1.807) is 0 Å². The van der Waals surface area contributed by atoms with Gasteiger partial charge in [-0.25, -0.2) is 4.79 Å². The number of urea groups is 1. The van der Waals surface area contributed by atoms with E-state index in [-0.39, 0.29) is 6.03 Å². The standard InChI is InChI=1S/C25H34N2O/c1-2-3-19-26-25(28)27-20-11-10-16-23(27)17-18-24(21-12-6-4-7-13-21)22-14-8-5-9-15-22/h4-9,12-15,23-24H,2-3,10-11,16-20H2,1H3,(H,26,28). The highest BCUT2D eigenvalue weighted by molar-refractivity contribution is 5.74. The van der Waals surface area contributed by atoms with E-state index >= 15 is 0 Å². The summed E-state index contributed by atoms with van der Waals surface area (Å²) in [6.45, 7) is 3.84. The van der Waals surface area contributed by atoms with Crippen LogP contribution in [0.15, 0.2) is 60.7 Å². The van der Waals surface area contributed by atoms with Crippen LogP contribution >= 0.6 is 0 Å². The van der Waals surface area contributed by atoms with E-state index in [4.69, 9.17) is 0 Å². The lowest BCUT2D eigenvalue weighted by molar-refractivity contribution is 0.144. The summed E-state index contributed by atoms with van der Waals surface area (Å²) in [4.78, 5) is 14.8. The van der Waals surface area contributed by atoms with E-state index in [2.05, 4.69) is 77.8 Å². The van der Waals surface area contributed by atoms with Crippen LogP contribution in [0.25, 0.3) is 0 Å². The molecule has 1 heterocycles. The van der Waals surface area contributed by atoms with Crippen LogP contribution in [0, 0.1) is 0 Å². The van der Waals surface area contributed by atoms with Crippen LogP contribution in [0.1, 0.15) is 68.9 Å². The Morgan fingerprint density at radius 3 is 2.29 bits per heavy atom. The maximum absolute atomic E-state index is 12.7. The zero-order chi connectivity index (χ0) is 19.6. The van der Waals surface area contributed by atoms with Gasteiger partial charge in [0.25, 0.3) is 0 Å². The van der Waals surface area contributed by atoms with Crippen molar-refractivity contribution in [2.45, 2.75) is 63.8 Å². The molecule has 1 N–H and O–H groups in total. The molecule has 3 rings (SSSR count). The minimum atomic E-state index is 0.133. The molecule has 0 aliphatic carbocycles. The van der Waals surface area contributed by atoms with E-state index < -0.39 is 0 Å². The molecule has 0 radical (unpaired) electrons. The Bertz CT molecular complexity index is 662. The number of nitrogens with zero attached hydrogens (tertiary/aromatic N) is 1. The lowest BCUT2D eigenvalue weighted by Crippen LogP contribution is -2.48. The van der Waals surface area contributed by atoms with Crippen LogP contribution in [-0.2, 0) is 0 Å². The minimum absolute atomic E-state index is 0.133. The van der Waals surface area contributed by atoms with Gasteiger partial charge in [-0.2, -0.15) is 0 Å². The first kappa shape index (κ1) is 20.4. The molecular weight excluding hydrogens is 344 g/mol. The summed E-state index contributed by atoms with van der Waals surface area (Å²) in [5, 5.41) is 3.12. The molecule has 1 unspecified atom stereocenters. The highest BCUT2D eigenvalue weighted by Gasteiger charge is 2.27. The summed E-state index contributed by atoms with van der Waals surface area (Å²) in [5.41, 5.74) is 2.73. The Morgan fingerprint density at radius 2 is 1.68 bits per heavy atom. The van der Waals surface area contributed by atoms with Gasteiger partial charge in [0.05, 0.1) is 0 Å². The first-order valence-electron chi connectivity index (χ1n) is 10.9. The van der Waals surface area contributed by atoms with Gasteiger partial charge in [-0.3, -0.25) is 0 Å². The van der Waals surface area contributed by atoms with Crippen molar-refractivity contribution >= 4 is 6.03 Å². The molecule has 1 atom stereocenters. The van der Waals surface area contributed by atoms with E-state index in [9.17, 15) is 4.79 Å². The van der Waals surface area contributed by atoms with E-state index in [1.165, 1.54) is 17.5 Å². The Hall–Kier alpha value is -2.29. The van der Waals surface area contributed by atoms with Crippen LogP contribution in [0.4, 0.5) is 4.79 Å². The quantitative estimate of drug-likeness (QED) is 0.565. The summed E-state index contributed by atoms with van der Waals surface area (Å²) in [7, 11) is 0. The largest absolute Gasteiger partial charge is 0.338 e. The van der Waals surface area contributed by atoms with Crippen molar-refractivity contribution in [3.05, 3.63) is 71.8 Å². The smallest absolute Gasteiger partial charge is 0.317 e. The van der Waals surface area contributed by atoms with Crippen molar-refractivity contribution in [3.63, 3.8) is 0 Å². The molecule has 2 aromatic carbocycles. The molecule has 3 heteroatoms. The summed E-state index contributed by atoms with van der Waals surface area (Å²) < 4.78 is 0. The first-order chi connectivity index (χ1) is 13.8. The highest BCUT2D eigenvalue weighted by Crippen LogP contribution is 2.32. The van der Waals surface area contributed by atoms with E-state index in [0.717, 1.165) is 51.6 Å². The van der Waals surface area contributed by atoms with Gasteiger partial charge >= 0.3 is 6.03 Å². The maximum atomic E-state index is 12.7. The second-order valence-electron chi connectivity index (χ2n) is 7.88. The lowest BCUT2D eigenvalue weighted by atomic mass is 9.85. The fraction of sp³-hybridized carbons (Fsp3) is 0.480. The number of hydrogen-bond donors (Lipinski definition) is 1. The zero-order valence-corrected chi connectivity index (χ0v) is 17.1. The molecule has 1 saturated heterocycles. The van der Waals surface area contributed by atoms with Gasteiger partial charge in [0, 0.05) is 25.0 Å². The molecule has 0 spiro atoms. The third kappa shape index (κ3) is 5.60. The first-order valence-corrected chi connectivity index (χ1v) is 10.9. The number of nitrogens with one attached hydrogen (secondary N) is 1. The molecule has 0 bridgehead atoms. The number of piperidine rings is 1. The van der Waals surface area contributed by atoms with Crippen LogP contribution in [0.2, 0.25) is 0 Å². The average molecular weight is 379 g/mol. The predicted octanol–water partition coefficient (Wildman–Crippen LogP) is 5.96. The van der Waals surface area contributed by atoms with Crippen molar-refractivity contribution in [2.24, 2.45) is 0 Å². The second-order valence-corrected chi connectivity index (χ2v) is 7.88. The van der Waals surface area contributed by atoms with Gasteiger partial charge in [-0.15, -0.1) is 0 Å². The zero-order valence-electron chi connectivity index (χ0n) is 17.1. The molecule has 1 fully saturated rings. The van der Waals surface area contributed by atoms with Crippen molar-refractivity contribution < 1.29 is 4.79 Å². The van der Waals surface area contributed by atoms with Gasteiger partial charge in [0.15, 0.2) is 0 Å². The second kappa shape index (κ2) is 10.9. The summed E-state index contributed by atoms with van der Waals surface area (Å²) in [6.07, 6.45) is 7.75. The predicted molar refractivity (Wildman–Crippen MR) is 117 cm³/mol. The van der Waals surface area contributed by atoms with Crippen LogP contribution in [-0.4, -0.2) is 30.1 Å². The number of carbonyl (C=O) groups is 1. The number of likely N-dealkylation sites (tertiary alicyclic amines) is 1. The molecular formula is C25H34N2O. The molecule has 1 aliphatic heterocycles. The number of benzene rings is 2. The number of carbonyl (C=O) groups excluding carboxylic acids is 1. The van der Waals surface area contributed by atoms with Gasteiger partial charge in [-0.05, 0) is 49.7 Å². The van der Waals surface area contributed by atoms with Crippen molar-refractivity contribution in [2.75, 3.05) is 13.1 Å². The van der Waals surface area contributed by atoms with Crippen LogP contribution in [0.3, 0.4) is 0 Å². The molecule has 2 amide bonds. The molecule has 3 nitrogen and oxygen atoms in total. The molecule has 28 heavy (non-hydrogen) atoms. The summed E-state index contributed by atoms with van der Waals surface area (Å²) >= 11 is 0. The summed E-state index contributed by atoms with van der Waals surface area (Å²) in [6, 6.07) is 22.1. The van der Waals surface area contributed by atoms with Crippen molar-refractivity contribution in [1.82, 2.24) is 10.2 Å². The third-order valence-electron chi connectivity index (χ3n) is 5.89. The SMILES string of the molecule is CCCCNC(=O)N1CCCCC1CCC(c1ccccc1)c1ccccc1.